The van der Waals surface area contributed by atoms with Crippen LogP contribution in [0.5, 0.6) is 0 Å². The lowest BCUT2D eigenvalue weighted by Crippen LogP contribution is -2.37. The number of carbonyl (C=O) groups excluding carboxylic acids is 1. The van der Waals surface area contributed by atoms with Gasteiger partial charge < -0.3 is 5.32 Å². The Balaban J connectivity index is 1.90. The summed E-state index contributed by atoms with van der Waals surface area (Å²) < 4.78 is 53.2. The third-order valence-corrected chi connectivity index (χ3v) is 4.91. The summed E-state index contributed by atoms with van der Waals surface area (Å²) in [5.41, 5.74) is -1.24. The summed E-state index contributed by atoms with van der Waals surface area (Å²) in [6.45, 7) is 4.61. The number of fused-ring (bicyclic) bond motifs is 1. The van der Waals surface area contributed by atoms with Gasteiger partial charge in [-0.1, -0.05) is 56.0 Å². The van der Waals surface area contributed by atoms with Gasteiger partial charge in [-0.2, -0.15) is 13.2 Å². The molecular weight excluding hydrogens is 396 g/mol. The number of allylic oxidation sites excluding steroid dienone is 1. The van der Waals surface area contributed by atoms with Crippen molar-refractivity contribution >= 4 is 22.5 Å². The number of halogens is 4. The average Bonchev–Trinajstić information content (AvgIpc) is 2.68. The number of carbonyl (C=O) groups is 1. The molecule has 0 fully saturated rings. The van der Waals surface area contributed by atoms with Crippen molar-refractivity contribution in [3.8, 4) is 0 Å². The average molecular weight is 416 g/mol. The molecule has 1 atom stereocenters. The smallest absolute Gasteiger partial charge is 0.324 e. The van der Waals surface area contributed by atoms with E-state index < -0.39 is 35.3 Å². The normalized spacial score (nSPS) is 13.6. The zero-order valence-corrected chi connectivity index (χ0v) is 16.3. The van der Waals surface area contributed by atoms with E-state index in [1.165, 1.54) is 31.3 Å². The number of hydrogen-bond donors (Lipinski definition) is 1. The van der Waals surface area contributed by atoms with Crippen LogP contribution in [0.15, 0.2) is 72.9 Å². The fraction of sp³-hybridized carbons (Fsp3) is 0.217. The number of alkyl halides is 3. The van der Waals surface area contributed by atoms with Crippen molar-refractivity contribution in [3.63, 3.8) is 0 Å². The van der Waals surface area contributed by atoms with Gasteiger partial charge in [0, 0.05) is 11.0 Å². The number of aromatic nitrogens is 1. The predicted octanol–water partition coefficient (Wildman–Crippen LogP) is 6.07. The van der Waals surface area contributed by atoms with E-state index in [2.05, 4.69) is 16.9 Å². The highest BCUT2D eigenvalue weighted by atomic mass is 19.4. The van der Waals surface area contributed by atoms with Crippen LogP contribution in [0.4, 0.5) is 23.2 Å². The summed E-state index contributed by atoms with van der Waals surface area (Å²) in [6.07, 6.45) is -3.79. The van der Waals surface area contributed by atoms with Crippen molar-refractivity contribution in [3.05, 3.63) is 84.3 Å². The van der Waals surface area contributed by atoms with E-state index in [0.717, 1.165) is 5.56 Å². The maximum atomic E-state index is 13.8. The number of rotatable bonds is 6. The number of para-hydroxylation sites is 1. The van der Waals surface area contributed by atoms with Gasteiger partial charge in [-0.25, -0.2) is 4.39 Å². The Morgan fingerprint density at radius 3 is 2.47 bits per heavy atom. The summed E-state index contributed by atoms with van der Waals surface area (Å²) in [7, 11) is 0. The van der Waals surface area contributed by atoms with Gasteiger partial charge in [0.1, 0.15) is 11.3 Å². The minimum Gasteiger partial charge on any atom is -0.324 e. The van der Waals surface area contributed by atoms with E-state index in [9.17, 15) is 22.4 Å². The van der Waals surface area contributed by atoms with Crippen LogP contribution in [-0.4, -0.2) is 17.1 Å². The van der Waals surface area contributed by atoms with Crippen molar-refractivity contribution in [2.45, 2.75) is 25.9 Å². The molecule has 0 radical (unpaired) electrons. The highest BCUT2D eigenvalue weighted by Crippen LogP contribution is 2.38. The fourth-order valence-corrected chi connectivity index (χ4v) is 3.31. The Morgan fingerprint density at radius 2 is 1.80 bits per heavy atom. The third-order valence-electron chi connectivity index (χ3n) is 4.91. The Kier molecular flexibility index (Phi) is 5.92. The summed E-state index contributed by atoms with van der Waals surface area (Å²) in [5, 5.41) is 3.11. The number of benzene rings is 2. The molecule has 2 aromatic carbocycles. The van der Waals surface area contributed by atoms with E-state index in [1.54, 1.807) is 36.4 Å². The molecule has 1 aromatic heterocycles. The minimum absolute atomic E-state index is 0.0877. The summed E-state index contributed by atoms with van der Waals surface area (Å²) in [5.74, 6) is -1.10. The largest absolute Gasteiger partial charge is 0.412 e. The molecule has 0 spiro atoms. The molecule has 30 heavy (non-hydrogen) atoms. The first-order chi connectivity index (χ1) is 14.1. The van der Waals surface area contributed by atoms with Crippen LogP contribution in [0.3, 0.4) is 0 Å². The molecule has 1 heterocycles. The van der Waals surface area contributed by atoms with Gasteiger partial charge >= 0.3 is 6.18 Å². The molecule has 1 N–H and O–H groups in total. The van der Waals surface area contributed by atoms with Crippen LogP contribution in [0, 0.1) is 11.2 Å². The maximum Gasteiger partial charge on any atom is 0.412 e. The van der Waals surface area contributed by atoms with Gasteiger partial charge in [-0.05, 0) is 30.5 Å². The van der Waals surface area contributed by atoms with Gasteiger partial charge in [0.15, 0.2) is 0 Å². The van der Waals surface area contributed by atoms with Crippen molar-refractivity contribution < 1.29 is 22.4 Å². The number of hydrogen-bond acceptors (Lipinski definition) is 2. The van der Waals surface area contributed by atoms with Gasteiger partial charge in [-0.15, -0.1) is 0 Å². The van der Waals surface area contributed by atoms with Crippen LogP contribution in [0.1, 0.15) is 18.9 Å². The summed E-state index contributed by atoms with van der Waals surface area (Å²) >= 11 is 0. The highest BCUT2D eigenvalue weighted by molar-refractivity contribution is 5.97. The highest BCUT2D eigenvalue weighted by Gasteiger charge is 2.41. The lowest BCUT2D eigenvalue weighted by atomic mass is 9.77. The topological polar surface area (TPSA) is 42.0 Å². The molecule has 3 aromatic rings. The lowest BCUT2D eigenvalue weighted by molar-refractivity contribution is -0.126. The number of nitrogens with zero attached hydrogens (tertiary/aromatic N) is 1. The van der Waals surface area contributed by atoms with Gasteiger partial charge in [0.25, 0.3) is 0 Å². The minimum atomic E-state index is -4.60. The molecule has 3 rings (SSSR count). The van der Waals surface area contributed by atoms with E-state index in [1.807, 2.05) is 0 Å². The first kappa shape index (κ1) is 21.5. The zero-order valence-electron chi connectivity index (χ0n) is 16.3. The van der Waals surface area contributed by atoms with Gasteiger partial charge in [0.05, 0.1) is 17.3 Å². The van der Waals surface area contributed by atoms with Crippen LogP contribution in [0.25, 0.3) is 10.9 Å². The number of nitrogens with one attached hydrogen (secondary N) is 1. The summed E-state index contributed by atoms with van der Waals surface area (Å²) in [4.78, 5) is 17.1. The first-order valence-electron chi connectivity index (χ1n) is 9.23. The number of pyridine rings is 1. The molecular formula is C23H20F4N2O. The summed E-state index contributed by atoms with van der Waals surface area (Å²) in [6, 6.07) is 14.8. The Bertz CT molecular complexity index is 1080. The molecule has 0 bridgehead atoms. The van der Waals surface area contributed by atoms with Crippen molar-refractivity contribution in [1.82, 2.24) is 4.98 Å². The predicted molar refractivity (Wildman–Crippen MR) is 108 cm³/mol. The Labute approximate surface area is 171 Å². The number of anilines is 1. The van der Waals surface area contributed by atoms with Crippen LogP contribution < -0.4 is 5.32 Å². The monoisotopic (exact) mass is 416 g/mol. The fourth-order valence-electron chi connectivity index (χ4n) is 3.31. The standard InChI is InChI=1S/C23H20F4N2O/c1-15(23(25,26)27)12-22(2,13-16-7-4-3-5-8-16)21(30)29-18-11-17-9-6-10-19(24)20(17)28-14-18/h3-11,14H,1,12-13H2,2H3,(H,29,30). The molecule has 0 saturated carbocycles. The van der Waals surface area contributed by atoms with E-state index in [4.69, 9.17) is 0 Å². The molecule has 156 valence electrons. The second kappa shape index (κ2) is 8.26. The van der Waals surface area contributed by atoms with Crippen LogP contribution >= 0.6 is 0 Å². The molecule has 7 heteroatoms. The third kappa shape index (κ3) is 4.84. The first-order valence-corrected chi connectivity index (χ1v) is 9.23. The maximum absolute atomic E-state index is 13.8. The van der Waals surface area contributed by atoms with Crippen LogP contribution in [0.2, 0.25) is 0 Å². The van der Waals surface area contributed by atoms with Crippen molar-refractivity contribution in [2.24, 2.45) is 5.41 Å². The van der Waals surface area contributed by atoms with Gasteiger partial charge in [-0.3, -0.25) is 9.78 Å². The molecule has 3 nitrogen and oxygen atoms in total. The Morgan fingerprint density at radius 1 is 1.10 bits per heavy atom. The molecule has 1 amide bonds. The van der Waals surface area contributed by atoms with E-state index >= 15 is 0 Å². The van der Waals surface area contributed by atoms with E-state index in [0.29, 0.717) is 5.39 Å². The van der Waals surface area contributed by atoms with E-state index in [-0.39, 0.29) is 17.6 Å². The Hall–Kier alpha value is -3.22. The molecule has 0 saturated heterocycles. The van der Waals surface area contributed by atoms with Gasteiger partial charge in [0.2, 0.25) is 5.91 Å². The SMILES string of the molecule is C=C(CC(C)(Cc1ccccc1)C(=O)Nc1cnc2c(F)cccc2c1)C(F)(F)F. The molecule has 0 aliphatic heterocycles. The number of amides is 1. The molecule has 1 unspecified atom stereocenters. The second-order valence-electron chi connectivity index (χ2n) is 7.49. The molecule has 0 aliphatic rings. The van der Waals surface area contributed by atoms with Crippen molar-refractivity contribution in [2.75, 3.05) is 5.32 Å². The second-order valence-corrected chi connectivity index (χ2v) is 7.49. The quantitative estimate of drug-likeness (QED) is 0.391. The molecule has 0 aliphatic carbocycles. The lowest BCUT2D eigenvalue weighted by Gasteiger charge is -2.30. The van der Waals surface area contributed by atoms with Crippen LogP contribution in [-0.2, 0) is 11.2 Å². The van der Waals surface area contributed by atoms with Crippen molar-refractivity contribution in [1.29, 1.82) is 0 Å². The zero-order chi connectivity index (χ0) is 21.9.